The maximum Gasteiger partial charge on any atom is 0.247 e. The predicted molar refractivity (Wildman–Crippen MR) is 133 cm³/mol. The molecule has 0 aliphatic carbocycles. The summed E-state index contributed by atoms with van der Waals surface area (Å²) in [7, 11) is 3.25. The van der Waals surface area contributed by atoms with Crippen molar-refractivity contribution in [1.29, 1.82) is 0 Å². The van der Waals surface area contributed by atoms with Crippen molar-refractivity contribution in [2.45, 2.75) is 17.1 Å². The largest absolute Gasteiger partial charge is 0.497 e. The van der Waals surface area contributed by atoms with Gasteiger partial charge < -0.3 is 19.5 Å². The van der Waals surface area contributed by atoms with Crippen LogP contribution in [0, 0.1) is 0 Å². The van der Waals surface area contributed by atoms with Crippen LogP contribution in [0.25, 0.3) is 11.3 Å². The number of fused-ring (bicyclic) bond motifs is 3. The number of anilines is 1. The number of para-hydroxylation sites is 1. The van der Waals surface area contributed by atoms with Gasteiger partial charge in [0.05, 0.1) is 19.8 Å². The number of hydrogen-bond acceptors (Lipinski definition) is 8. The first-order valence-corrected chi connectivity index (χ1v) is 11.9. The zero-order valence-electron chi connectivity index (χ0n) is 18.5. The average Bonchev–Trinajstić information content (AvgIpc) is 3.04. The van der Waals surface area contributed by atoms with Gasteiger partial charge in [0.15, 0.2) is 5.69 Å². The van der Waals surface area contributed by atoms with Gasteiger partial charge in [-0.3, -0.25) is 0 Å². The van der Waals surface area contributed by atoms with Gasteiger partial charge in [-0.2, -0.15) is 4.98 Å². The topological polar surface area (TPSA) is 78.4 Å². The Balaban J connectivity index is 1.51. The number of aromatic nitrogens is 3. The molecule has 2 heterocycles. The van der Waals surface area contributed by atoms with Crippen molar-refractivity contribution in [2.24, 2.45) is 0 Å². The van der Waals surface area contributed by atoms with Crippen molar-refractivity contribution in [3.8, 4) is 28.6 Å². The van der Waals surface area contributed by atoms with Gasteiger partial charge in [-0.15, -0.1) is 10.2 Å². The van der Waals surface area contributed by atoms with E-state index < -0.39 is 6.23 Å². The van der Waals surface area contributed by atoms with E-state index in [2.05, 4.69) is 15.5 Å². The lowest BCUT2D eigenvalue weighted by Gasteiger charge is -2.21. The summed E-state index contributed by atoms with van der Waals surface area (Å²) in [5.41, 5.74) is 4.17. The van der Waals surface area contributed by atoms with E-state index in [-0.39, 0.29) is 0 Å². The summed E-state index contributed by atoms with van der Waals surface area (Å²) in [4.78, 5) is 4.71. The summed E-state index contributed by atoms with van der Waals surface area (Å²) < 4.78 is 17.4. The van der Waals surface area contributed by atoms with Gasteiger partial charge in [-0.25, -0.2) is 0 Å². The quantitative estimate of drug-likeness (QED) is 0.328. The molecule has 0 radical (unpaired) electrons. The molecule has 7 nitrogen and oxygen atoms in total. The van der Waals surface area contributed by atoms with E-state index in [4.69, 9.17) is 30.8 Å². The predicted octanol–water partition coefficient (Wildman–Crippen LogP) is 6.00. The molecule has 1 aliphatic heterocycles. The Hall–Kier alpha value is -3.49. The summed E-state index contributed by atoms with van der Waals surface area (Å²) in [6.45, 7) is 0. The molecule has 0 fully saturated rings. The summed E-state index contributed by atoms with van der Waals surface area (Å²) in [6.07, 6.45) is -0.585. The number of nitrogens with one attached hydrogen (secondary N) is 1. The first kappa shape index (κ1) is 22.3. The second-order valence-corrected chi connectivity index (χ2v) is 8.84. The van der Waals surface area contributed by atoms with Crippen molar-refractivity contribution in [3.63, 3.8) is 0 Å². The van der Waals surface area contributed by atoms with E-state index in [1.807, 2.05) is 66.7 Å². The van der Waals surface area contributed by atoms with Gasteiger partial charge >= 0.3 is 0 Å². The lowest BCUT2D eigenvalue weighted by Crippen LogP contribution is -2.18. The van der Waals surface area contributed by atoms with Crippen LogP contribution in [0.1, 0.15) is 17.4 Å². The number of thioether (sulfide) groups is 1. The molecule has 0 saturated carbocycles. The zero-order chi connectivity index (χ0) is 23.5. The Kier molecular flexibility index (Phi) is 6.42. The number of rotatable bonds is 6. The minimum Gasteiger partial charge on any atom is -0.497 e. The Morgan fingerprint density at radius 3 is 2.62 bits per heavy atom. The molecule has 5 rings (SSSR count). The lowest BCUT2D eigenvalue weighted by molar-refractivity contribution is 0.219. The molecule has 0 spiro atoms. The average molecular weight is 493 g/mol. The van der Waals surface area contributed by atoms with Crippen LogP contribution in [-0.2, 0) is 5.75 Å². The number of hydrogen-bond donors (Lipinski definition) is 1. The minimum atomic E-state index is -0.585. The lowest BCUT2D eigenvalue weighted by atomic mass is 10.1. The molecule has 1 N–H and O–H groups in total. The molecule has 1 atom stereocenters. The molecule has 1 aliphatic rings. The molecule has 34 heavy (non-hydrogen) atoms. The number of methoxy groups -OCH3 is 2. The van der Waals surface area contributed by atoms with E-state index in [1.54, 1.807) is 14.2 Å². The standard InChI is InChI=1S/C25H21ClN4O3S/c1-31-17-11-12-21(32-2)19(13-17)23-27-20-6-4-3-5-18(20)22-24(33-23)28-25(30-29-22)34-14-15-7-9-16(26)10-8-15/h3-13,23,27H,14H2,1-2H3/t23-/m1/s1. The van der Waals surface area contributed by atoms with Crippen LogP contribution in [0.3, 0.4) is 0 Å². The molecule has 0 amide bonds. The smallest absolute Gasteiger partial charge is 0.247 e. The number of nitrogens with zero attached hydrogens (tertiary/aromatic N) is 3. The van der Waals surface area contributed by atoms with Gasteiger partial charge in [0.2, 0.25) is 17.3 Å². The third kappa shape index (κ3) is 4.60. The van der Waals surface area contributed by atoms with E-state index in [1.165, 1.54) is 11.8 Å². The van der Waals surface area contributed by atoms with Crippen LogP contribution in [0.4, 0.5) is 5.69 Å². The molecule has 4 aromatic rings. The van der Waals surface area contributed by atoms with E-state index in [9.17, 15) is 0 Å². The van der Waals surface area contributed by atoms with Crippen LogP contribution >= 0.6 is 23.4 Å². The molecule has 172 valence electrons. The van der Waals surface area contributed by atoms with E-state index in [0.29, 0.717) is 39.0 Å². The highest BCUT2D eigenvalue weighted by molar-refractivity contribution is 7.98. The fraction of sp³-hybridized carbons (Fsp3) is 0.160. The zero-order valence-corrected chi connectivity index (χ0v) is 20.1. The van der Waals surface area contributed by atoms with E-state index in [0.717, 1.165) is 22.4 Å². The van der Waals surface area contributed by atoms with Gasteiger partial charge in [-0.1, -0.05) is 53.7 Å². The summed E-state index contributed by atoms with van der Waals surface area (Å²) in [5.74, 6) is 2.43. The number of ether oxygens (including phenoxy) is 3. The Morgan fingerprint density at radius 2 is 1.82 bits per heavy atom. The normalized spacial score (nSPS) is 14.1. The van der Waals surface area contributed by atoms with Crippen molar-refractivity contribution >= 4 is 29.1 Å². The second-order valence-electron chi connectivity index (χ2n) is 7.46. The highest BCUT2D eigenvalue weighted by atomic mass is 35.5. The third-order valence-corrected chi connectivity index (χ3v) is 6.49. The summed E-state index contributed by atoms with van der Waals surface area (Å²) >= 11 is 7.47. The second kappa shape index (κ2) is 9.79. The molecule has 9 heteroatoms. The molecule has 1 aromatic heterocycles. The van der Waals surface area contributed by atoms with Crippen molar-refractivity contribution in [2.75, 3.05) is 19.5 Å². The van der Waals surface area contributed by atoms with Gasteiger partial charge in [-0.05, 0) is 42.0 Å². The Bertz CT molecular complexity index is 1320. The van der Waals surface area contributed by atoms with Gasteiger partial charge in [0, 0.05) is 22.0 Å². The van der Waals surface area contributed by atoms with Crippen molar-refractivity contribution in [3.05, 3.63) is 82.9 Å². The van der Waals surface area contributed by atoms with Crippen LogP contribution in [0.2, 0.25) is 5.02 Å². The third-order valence-electron chi connectivity index (χ3n) is 5.33. The summed E-state index contributed by atoms with van der Waals surface area (Å²) in [6, 6.07) is 21.1. The Morgan fingerprint density at radius 1 is 1.00 bits per heavy atom. The molecular weight excluding hydrogens is 472 g/mol. The van der Waals surface area contributed by atoms with Crippen LogP contribution in [0.15, 0.2) is 71.9 Å². The van der Waals surface area contributed by atoms with Gasteiger partial charge in [0.25, 0.3) is 0 Å². The van der Waals surface area contributed by atoms with Crippen molar-refractivity contribution < 1.29 is 14.2 Å². The van der Waals surface area contributed by atoms with E-state index >= 15 is 0 Å². The molecule has 3 aromatic carbocycles. The minimum absolute atomic E-state index is 0.390. The monoisotopic (exact) mass is 492 g/mol. The van der Waals surface area contributed by atoms with Gasteiger partial charge in [0.1, 0.15) is 11.5 Å². The SMILES string of the molecule is COc1ccc(OC)c([C@@H]2Nc3ccccc3-c3nnc(SCc4ccc(Cl)cc4)nc3O2)c1. The first-order chi connectivity index (χ1) is 16.6. The summed E-state index contributed by atoms with van der Waals surface area (Å²) in [5, 5.41) is 13.5. The van der Waals surface area contributed by atoms with Crippen molar-refractivity contribution in [1.82, 2.24) is 15.2 Å². The molecule has 0 saturated heterocycles. The number of benzene rings is 3. The first-order valence-electron chi connectivity index (χ1n) is 10.5. The molecule has 0 bridgehead atoms. The van der Waals surface area contributed by atoms with Crippen LogP contribution < -0.4 is 19.5 Å². The highest BCUT2D eigenvalue weighted by Crippen LogP contribution is 2.41. The maximum atomic E-state index is 6.38. The Labute approximate surface area is 206 Å². The maximum absolute atomic E-state index is 6.38. The molecule has 0 unspecified atom stereocenters. The van der Waals surface area contributed by atoms with Crippen LogP contribution in [0.5, 0.6) is 17.4 Å². The fourth-order valence-electron chi connectivity index (χ4n) is 3.62. The highest BCUT2D eigenvalue weighted by Gasteiger charge is 2.28. The van der Waals surface area contributed by atoms with Crippen LogP contribution in [-0.4, -0.2) is 29.4 Å². The fourth-order valence-corrected chi connectivity index (χ4v) is 4.48. The molecular formula is C25H21ClN4O3S. The number of halogens is 1.